The number of thiol groups is 1. The maximum Gasteiger partial charge on any atom is 0.0194 e. The molecule has 0 radical (unpaired) electrons. The van der Waals surface area contributed by atoms with Crippen LogP contribution < -0.4 is 0 Å². The summed E-state index contributed by atoms with van der Waals surface area (Å²) in [6.07, 6.45) is 3.88. The monoisotopic (exact) mass is 216 g/mol. The molecule has 1 rings (SSSR count). The fourth-order valence-electron chi connectivity index (χ4n) is 2.18. The van der Waals surface area contributed by atoms with Gasteiger partial charge in [-0.2, -0.15) is 12.6 Å². The van der Waals surface area contributed by atoms with E-state index in [1.807, 2.05) is 0 Å². The number of unbranched alkanes of at least 4 members (excludes halogenated alkanes) is 1. The average Bonchev–Trinajstić information content (AvgIpc) is 2.29. The fraction of sp³-hybridized carbons (Fsp3) is 1.00. The van der Waals surface area contributed by atoms with Crippen LogP contribution in [0.15, 0.2) is 0 Å². The zero-order valence-corrected chi connectivity index (χ0v) is 10.5. The lowest BCUT2D eigenvalue weighted by Gasteiger charge is -2.27. The van der Waals surface area contributed by atoms with E-state index in [9.17, 15) is 0 Å². The van der Waals surface area contributed by atoms with Gasteiger partial charge in [-0.3, -0.25) is 4.90 Å². The quantitative estimate of drug-likeness (QED) is 0.565. The summed E-state index contributed by atoms with van der Waals surface area (Å²) in [5.41, 5.74) is 0. The second-order valence-electron chi connectivity index (χ2n) is 4.43. The lowest BCUT2D eigenvalue weighted by molar-refractivity contribution is 0.200. The van der Waals surface area contributed by atoms with Crippen molar-refractivity contribution < 1.29 is 0 Å². The topological polar surface area (TPSA) is 6.48 Å². The summed E-state index contributed by atoms with van der Waals surface area (Å²) >= 11 is 4.25. The third kappa shape index (κ3) is 4.20. The van der Waals surface area contributed by atoms with Crippen molar-refractivity contribution in [1.82, 2.24) is 9.80 Å². The molecule has 3 heteroatoms. The molecular formula is C11H24N2S. The summed E-state index contributed by atoms with van der Waals surface area (Å²) in [5, 5.41) is 0. The SMILES string of the molecule is CC1CN(C)CCCN1CCCCS. The van der Waals surface area contributed by atoms with E-state index in [-0.39, 0.29) is 0 Å². The van der Waals surface area contributed by atoms with E-state index < -0.39 is 0 Å². The molecule has 1 atom stereocenters. The standard InChI is InChI=1S/C11H24N2S/c1-11-10-12(2)6-5-8-13(11)7-3-4-9-14/h11,14H,3-10H2,1-2H3. The van der Waals surface area contributed by atoms with Gasteiger partial charge in [0, 0.05) is 12.6 Å². The van der Waals surface area contributed by atoms with Gasteiger partial charge in [0.25, 0.3) is 0 Å². The summed E-state index contributed by atoms with van der Waals surface area (Å²) in [5.74, 6) is 1.03. The van der Waals surface area contributed by atoms with E-state index in [2.05, 4.69) is 36.4 Å². The molecule has 0 spiro atoms. The molecule has 1 saturated heterocycles. The highest BCUT2D eigenvalue weighted by Gasteiger charge is 2.18. The van der Waals surface area contributed by atoms with Gasteiger partial charge in [0.1, 0.15) is 0 Å². The summed E-state index contributed by atoms with van der Waals surface area (Å²) in [6, 6.07) is 0.724. The number of rotatable bonds is 4. The second-order valence-corrected chi connectivity index (χ2v) is 4.88. The van der Waals surface area contributed by atoms with Crippen LogP contribution in [0.3, 0.4) is 0 Å². The minimum atomic E-state index is 0.724. The van der Waals surface area contributed by atoms with Gasteiger partial charge in [0.05, 0.1) is 0 Å². The van der Waals surface area contributed by atoms with Crippen molar-refractivity contribution in [3.63, 3.8) is 0 Å². The molecular weight excluding hydrogens is 192 g/mol. The molecule has 1 unspecified atom stereocenters. The molecule has 1 aliphatic heterocycles. The van der Waals surface area contributed by atoms with Gasteiger partial charge in [-0.15, -0.1) is 0 Å². The summed E-state index contributed by atoms with van der Waals surface area (Å²) in [4.78, 5) is 5.08. The highest BCUT2D eigenvalue weighted by molar-refractivity contribution is 7.80. The Kier molecular flexibility index (Phi) is 5.90. The van der Waals surface area contributed by atoms with Crippen molar-refractivity contribution in [2.45, 2.75) is 32.2 Å². The van der Waals surface area contributed by atoms with Crippen LogP contribution in [0.2, 0.25) is 0 Å². The Morgan fingerprint density at radius 3 is 2.79 bits per heavy atom. The number of hydrogen-bond donors (Lipinski definition) is 1. The molecule has 0 saturated carbocycles. The van der Waals surface area contributed by atoms with Crippen LogP contribution >= 0.6 is 12.6 Å². The Morgan fingerprint density at radius 2 is 2.07 bits per heavy atom. The van der Waals surface area contributed by atoms with Gasteiger partial charge in [0.2, 0.25) is 0 Å². The Balaban J connectivity index is 2.27. The van der Waals surface area contributed by atoms with Crippen LogP contribution in [0.4, 0.5) is 0 Å². The molecule has 0 aromatic carbocycles. The zero-order valence-electron chi connectivity index (χ0n) is 9.58. The molecule has 1 fully saturated rings. The average molecular weight is 216 g/mol. The largest absolute Gasteiger partial charge is 0.305 e. The van der Waals surface area contributed by atoms with E-state index in [0.717, 1.165) is 11.8 Å². The van der Waals surface area contributed by atoms with Crippen molar-refractivity contribution in [1.29, 1.82) is 0 Å². The highest BCUT2D eigenvalue weighted by Crippen LogP contribution is 2.09. The van der Waals surface area contributed by atoms with Crippen molar-refractivity contribution >= 4 is 12.6 Å². The molecule has 14 heavy (non-hydrogen) atoms. The van der Waals surface area contributed by atoms with Gasteiger partial charge < -0.3 is 4.90 Å². The number of likely N-dealkylation sites (N-methyl/N-ethyl adjacent to an activating group) is 1. The smallest absolute Gasteiger partial charge is 0.0194 e. The number of nitrogens with zero attached hydrogens (tertiary/aromatic N) is 2. The molecule has 1 aliphatic rings. The highest BCUT2D eigenvalue weighted by atomic mass is 32.1. The predicted octanol–water partition coefficient (Wildman–Crippen LogP) is 1.72. The lowest BCUT2D eigenvalue weighted by atomic mass is 10.2. The van der Waals surface area contributed by atoms with Crippen LogP contribution in [-0.4, -0.2) is 54.8 Å². The third-order valence-electron chi connectivity index (χ3n) is 3.04. The van der Waals surface area contributed by atoms with Crippen LogP contribution in [0, 0.1) is 0 Å². The molecule has 84 valence electrons. The molecule has 2 nitrogen and oxygen atoms in total. The summed E-state index contributed by atoms with van der Waals surface area (Å²) in [7, 11) is 2.23. The minimum absolute atomic E-state index is 0.724. The first-order chi connectivity index (χ1) is 6.74. The second kappa shape index (κ2) is 6.70. The Morgan fingerprint density at radius 1 is 1.29 bits per heavy atom. The van der Waals surface area contributed by atoms with Gasteiger partial charge in [-0.25, -0.2) is 0 Å². The van der Waals surface area contributed by atoms with E-state index in [1.54, 1.807) is 0 Å². The molecule has 0 aromatic rings. The minimum Gasteiger partial charge on any atom is -0.305 e. The molecule has 1 heterocycles. The molecule has 0 N–H and O–H groups in total. The van der Waals surface area contributed by atoms with Gasteiger partial charge in [-0.05, 0) is 58.6 Å². The first-order valence-electron chi connectivity index (χ1n) is 5.77. The molecule has 0 aromatic heterocycles. The van der Waals surface area contributed by atoms with Crippen LogP contribution in [0.1, 0.15) is 26.2 Å². The Hall–Kier alpha value is 0.270. The van der Waals surface area contributed by atoms with E-state index in [4.69, 9.17) is 0 Å². The number of hydrogen-bond acceptors (Lipinski definition) is 3. The molecule has 0 bridgehead atoms. The van der Waals surface area contributed by atoms with Crippen LogP contribution in [-0.2, 0) is 0 Å². The normalized spacial score (nSPS) is 26.4. The summed E-state index contributed by atoms with van der Waals surface area (Å²) in [6.45, 7) is 7.37. The van der Waals surface area contributed by atoms with E-state index in [0.29, 0.717) is 0 Å². The third-order valence-corrected chi connectivity index (χ3v) is 3.35. The van der Waals surface area contributed by atoms with Crippen LogP contribution in [0.5, 0.6) is 0 Å². The van der Waals surface area contributed by atoms with Gasteiger partial charge in [-0.1, -0.05) is 0 Å². The Bertz CT molecular complexity index is 152. The maximum absolute atomic E-state index is 4.25. The zero-order chi connectivity index (χ0) is 10.4. The summed E-state index contributed by atoms with van der Waals surface area (Å²) < 4.78 is 0. The molecule has 0 amide bonds. The van der Waals surface area contributed by atoms with Gasteiger partial charge >= 0.3 is 0 Å². The fourth-order valence-corrected chi connectivity index (χ4v) is 2.40. The van der Waals surface area contributed by atoms with Gasteiger partial charge in [0.15, 0.2) is 0 Å². The van der Waals surface area contributed by atoms with Crippen LogP contribution in [0.25, 0.3) is 0 Å². The Labute approximate surface area is 94.1 Å². The van der Waals surface area contributed by atoms with Crippen molar-refractivity contribution in [2.75, 3.05) is 39.0 Å². The molecule has 0 aliphatic carbocycles. The van der Waals surface area contributed by atoms with E-state index in [1.165, 1.54) is 45.4 Å². The van der Waals surface area contributed by atoms with Crippen molar-refractivity contribution in [2.24, 2.45) is 0 Å². The van der Waals surface area contributed by atoms with E-state index >= 15 is 0 Å². The first-order valence-corrected chi connectivity index (χ1v) is 6.40. The maximum atomic E-state index is 4.25. The lowest BCUT2D eigenvalue weighted by Crippen LogP contribution is -2.38. The first kappa shape index (κ1) is 12.3. The predicted molar refractivity (Wildman–Crippen MR) is 66.2 cm³/mol. The van der Waals surface area contributed by atoms with Crippen molar-refractivity contribution in [3.05, 3.63) is 0 Å². The van der Waals surface area contributed by atoms with Crippen molar-refractivity contribution in [3.8, 4) is 0 Å².